The molecule has 80 valence electrons. The molecule has 2 atom stereocenters. The number of carbonyl (C=O) groups is 1. The van der Waals surface area contributed by atoms with Crippen molar-refractivity contribution < 1.29 is 4.79 Å². The van der Waals surface area contributed by atoms with Crippen LogP contribution in [0.2, 0.25) is 0 Å². The van der Waals surface area contributed by atoms with Crippen LogP contribution >= 0.6 is 0 Å². The van der Waals surface area contributed by atoms with Gasteiger partial charge in [0.2, 0.25) is 0 Å². The van der Waals surface area contributed by atoms with Crippen LogP contribution in [0.5, 0.6) is 0 Å². The summed E-state index contributed by atoms with van der Waals surface area (Å²) in [6.07, 6.45) is 10.0. The monoisotopic (exact) mass is 194 g/mol. The maximum atomic E-state index is 11.8. The van der Waals surface area contributed by atoms with E-state index in [1.54, 1.807) is 0 Å². The second-order valence-electron chi connectivity index (χ2n) is 5.22. The topological polar surface area (TPSA) is 17.1 Å². The molecule has 2 rings (SSSR count). The minimum absolute atomic E-state index is 0.423. The predicted octanol–water partition coefficient (Wildman–Crippen LogP) is 3.57. The van der Waals surface area contributed by atoms with Gasteiger partial charge < -0.3 is 0 Å². The Morgan fingerprint density at radius 1 is 1.07 bits per heavy atom. The fourth-order valence-corrected chi connectivity index (χ4v) is 3.38. The Hall–Kier alpha value is -0.330. The third-order valence-corrected chi connectivity index (χ3v) is 4.38. The molecule has 2 saturated carbocycles. The van der Waals surface area contributed by atoms with E-state index in [0.717, 1.165) is 18.8 Å². The summed E-state index contributed by atoms with van der Waals surface area (Å²) in [6.45, 7) is 2.32. The summed E-state index contributed by atoms with van der Waals surface area (Å²) >= 11 is 0. The molecule has 0 saturated heterocycles. The Bertz CT molecular complexity index is 203. The molecule has 1 heteroatoms. The van der Waals surface area contributed by atoms with E-state index in [0.29, 0.717) is 17.6 Å². The summed E-state index contributed by atoms with van der Waals surface area (Å²) in [7, 11) is 0. The highest BCUT2D eigenvalue weighted by atomic mass is 16.1. The van der Waals surface area contributed by atoms with Gasteiger partial charge in [0.25, 0.3) is 0 Å². The van der Waals surface area contributed by atoms with Crippen LogP contribution in [0.3, 0.4) is 0 Å². The fraction of sp³-hybridized carbons (Fsp3) is 0.923. The van der Waals surface area contributed by atoms with Gasteiger partial charge in [-0.1, -0.05) is 39.0 Å². The molecule has 2 fully saturated rings. The van der Waals surface area contributed by atoms with Crippen LogP contribution in [0.4, 0.5) is 0 Å². The molecule has 2 aliphatic rings. The van der Waals surface area contributed by atoms with Gasteiger partial charge in [-0.25, -0.2) is 0 Å². The predicted molar refractivity (Wildman–Crippen MR) is 58.1 cm³/mol. The molecule has 0 amide bonds. The van der Waals surface area contributed by atoms with Crippen molar-refractivity contribution >= 4 is 5.78 Å². The SMILES string of the molecule is CC(C1CCCC1)C1CCCCC1=O. The lowest BCUT2D eigenvalue weighted by atomic mass is 9.74. The highest BCUT2D eigenvalue weighted by molar-refractivity contribution is 5.81. The molecular formula is C13H22O. The Labute approximate surface area is 87.3 Å². The van der Waals surface area contributed by atoms with Crippen molar-refractivity contribution in [2.24, 2.45) is 17.8 Å². The van der Waals surface area contributed by atoms with Crippen molar-refractivity contribution in [3.8, 4) is 0 Å². The lowest BCUT2D eigenvalue weighted by Gasteiger charge is -2.30. The normalized spacial score (nSPS) is 32.1. The van der Waals surface area contributed by atoms with E-state index in [-0.39, 0.29) is 0 Å². The van der Waals surface area contributed by atoms with Gasteiger partial charge in [-0.3, -0.25) is 4.79 Å². The van der Waals surface area contributed by atoms with Crippen molar-refractivity contribution in [1.29, 1.82) is 0 Å². The molecule has 0 aromatic heterocycles. The van der Waals surface area contributed by atoms with E-state index < -0.39 is 0 Å². The first-order chi connectivity index (χ1) is 6.79. The van der Waals surface area contributed by atoms with Crippen LogP contribution in [-0.2, 0) is 4.79 Å². The largest absolute Gasteiger partial charge is 0.299 e. The number of carbonyl (C=O) groups excluding carboxylic acids is 1. The zero-order valence-corrected chi connectivity index (χ0v) is 9.30. The van der Waals surface area contributed by atoms with Gasteiger partial charge in [-0.05, 0) is 24.7 Å². The zero-order valence-electron chi connectivity index (χ0n) is 9.30. The maximum Gasteiger partial charge on any atom is 0.136 e. The van der Waals surface area contributed by atoms with Crippen molar-refractivity contribution in [1.82, 2.24) is 0 Å². The highest BCUT2D eigenvalue weighted by Gasteiger charge is 2.33. The van der Waals surface area contributed by atoms with E-state index in [9.17, 15) is 4.79 Å². The number of rotatable bonds is 2. The van der Waals surface area contributed by atoms with E-state index in [4.69, 9.17) is 0 Å². The van der Waals surface area contributed by atoms with Gasteiger partial charge in [-0.15, -0.1) is 0 Å². The fourth-order valence-electron chi connectivity index (χ4n) is 3.38. The number of Topliss-reactive ketones (excluding diaryl/α,β-unsaturated/α-hetero) is 1. The summed E-state index contributed by atoms with van der Waals surface area (Å²) in [4.78, 5) is 11.8. The van der Waals surface area contributed by atoms with E-state index >= 15 is 0 Å². The van der Waals surface area contributed by atoms with Gasteiger partial charge >= 0.3 is 0 Å². The van der Waals surface area contributed by atoms with E-state index in [1.807, 2.05) is 0 Å². The minimum atomic E-state index is 0.423. The number of hydrogen-bond donors (Lipinski definition) is 0. The molecule has 0 spiro atoms. The molecular weight excluding hydrogens is 172 g/mol. The molecule has 2 unspecified atom stereocenters. The molecule has 0 aliphatic heterocycles. The van der Waals surface area contributed by atoms with Crippen molar-refractivity contribution in [3.05, 3.63) is 0 Å². The molecule has 1 nitrogen and oxygen atoms in total. The van der Waals surface area contributed by atoms with Crippen LogP contribution in [-0.4, -0.2) is 5.78 Å². The smallest absolute Gasteiger partial charge is 0.136 e. The average molecular weight is 194 g/mol. The lowest BCUT2D eigenvalue weighted by Crippen LogP contribution is -2.29. The van der Waals surface area contributed by atoms with Crippen molar-refractivity contribution in [3.63, 3.8) is 0 Å². The maximum absolute atomic E-state index is 11.8. The zero-order chi connectivity index (χ0) is 9.97. The molecule has 0 radical (unpaired) electrons. The quantitative estimate of drug-likeness (QED) is 0.656. The summed E-state index contributed by atoms with van der Waals surface area (Å²) in [5, 5.41) is 0. The summed E-state index contributed by atoms with van der Waals surface area (Å²) in [5.41, 5.74) is 0. The summed E-state index contributed by atoms with van der Waals surface area (Å²) in [5.74, 6) is 2.52. The van der Waals surface area contributed by atoms with Crippen LogP contribution in [0.1, 0.15) is 58.3 Å². The van der Waals surface area contributed by atoms with Crippen LogP contribution in [0.15, 0.2) is 0 Å². The highest BCUT2D eigenvalue weighted by Crippen LogP contribution is 2.38. The third kappa shape index (κ3) is 2.02. The van der Waals surface area contributed by atoms with Gasteiger partial charge in [0, 0.05) is 12.3 Å². The average Bonchev–Trinajstić information content (AvgIpc) is 2.70. The molecule has 0 aromatic rings. The Morgan fingerprint density at radius 2 is 1.71 bits per heavy atom. The third-order valence-electron chi connectivity index (χ3n) is 4.38. The van der Waals surface area contributed by atoms with Crippen molar-refractivity contribution in [2.45, 2.75) is 58.3 Å². The van der Waals surface area contributed by atoms with Crippen molar-refractivity contribution in [2.75, 3.05) is 0 Å². The second-order valence-corrected chi connectivity index (χ2v) is 5.22. The number of hydrogen-bond acceptors (Lipinski definition) is 1. The first-order valence-electron chi connectivity index (χ1n) is 6.32. The summed E-state index contributed by atoms with van der Waals surface area (Å²) in [6, 6.07) is 0. The number of ketones is 1. The molecule has 0 heterocycles. The van der Waals surface area contributed by atoms with Gasteiger partial charge in [0.1, 0.15) is 5.78 Å². The van der Waals surface area contributed by atoms with Crippen LogP contribution < -0.4 is 0 Å². The molecule has 0 bridgehead atoms. The first kappa shape index (κ1) is 10.2. The van der Waals surface area contributed by atoms with Crippen LogP contribution in [0.25, 0.3) is 0 Å². The Kier molecular flexibility index (Phi) is 3.25. The van der Waals surface area contributed by atoms with Gasteiger partial charge in [0.15, 0.2) is 0 Å². The van der Waals surface area contributed by atoms with Gasteiger partial charge in [0.05, 0.1) is 0 Å². The van der Waals surface area contributed by atoms with Gasteiger partial charge in [-0.2, -0.15) is 0 Å². The molecule has 0 aromatic carbocycles. The lowest BCUT2D eigenvalue weighted by molar-refractivity contribution is -0.126. The Morgan fingerprint density at radius 3 is 2.36 bits per heavy atom. The minimum Gasteiger partial charge on any atom is -0.299 e. The molecule has 0 N–H and O–H groups in total. The summed E-state index contributed by atoms with van der Waals surface area (Å²) < 4.78 is 0. The molecule has 14 heavy (non-hydrogen) atoms. The van der Waals surface area contributed by atoms with E-state index in [1.165, 1.54) is 38.5 Å². The standard InChI is InChI=1S/C13H22O/c1-10(11-6-2-3-7-11)12-8-4-5-9-13(12)14/h10-12H,2-9H2,1H3. The Balaban J connectivity index is 1.94. The first-order valence-corrected chi connectivity index (χ1v) is 6.32. The second kappa shape index (κ2) is 4.46. The van der Waals surface area contributed by atoms with Crippen LogP contribution in [0, 0.1) is 17.8 Å². The molecule has 2 aliphatic carbocycles. The van der Waals surface area contributed by atoms with E-state index in [2.05, 4.69) is 6.92 Å².